The predicted octanol–water partition coefficient (Wildman–Crippen LogP) is 6.22. The second-order valence-electron chi connectivity index (χ2n) is 10.9. The fraction of sp³-hybridized carbons (Fsp3) is 0.464. The van der Waals surface area contributed by atoms with Gasteiger partial charge in [0.15, 0.2) is 5.13 Å². The van der Waals surface area contributed by atoms with E-state index in [4.69, 9.17) is 9.51 Å². The SMILES string of the molecule is CC1=CNCC(C)=C1c1noc(C2CC2)c1C1=CC2(CCN(c3nc4ccc(C)nc4s3)CC2)C1. The number of nitrogens with zero attached hydrogens (tertiary/aromatic N) is 4. The molecule has 0 radical (unpaired) electrons. The van der Waals surface area contributed by atoms with E-state index >= 15 is 0 Å². The highest BCUT2D eigenvalue weighted by Gasteiger charge is 2.44. The van der Waals surface area contributed by atoms with E-state index in [-0.39, 0.29) is 0 Å². The first-order chi connectivity index (χ1) is 17.0. The Hall–Kier alpha value is -2.93. The van der Waals surface area contributed by atoms with Crippen LogP contribution in [0.25, 0.3) is 21.5 Å². The summed E-state index contributed by atoms with van der Waals surface area (Å²) in [7, 11) is 0. The van der Waals surface area contributed by atoms with Crippen LogP contribution in [0.4, 0.5) is 5.13 Å². The number of allylic oxidation sites excluding steroid dienone is 4. The van der Waals surface area contributed by atoms with Gasteiger partial charge in [0.1, 0.15) is 21.8 Å². The average Bonchev–Trinajstić information content (AvgIpc) is 3.44. The third-order valence-corrected chi connectivity index (χ3v) is 9.19. The maximum Gasteiger partial charge on any atom is 0.187 e. The molecule has 7 rings (SSSR count). The predicted molar refractivity (Wildman–Crippen MR) is 141 cm³/mol. The number of rotatable bonds is 4. The van der Waals surface area contributed by atoms with Crippen LogP contribution in [-0.4, -0.2) is 34.8 Å². The minimum Gasteiger partial charge on any atom is -0.387 e. The van der Waals surface area contributed by atoms with Gasteiger partial charge in [0.05, 0.1) is 0 Å². The van der Waals surface area contributed by atoms with Crippen molar-refractivity contribution in [3.05, 3.63) is 58.3 Å². The molecule has 2 aliphatic carbocycles. The topological polar surface area (TPSA) is 67.1 Å². The lowest BCUT2D eigenvalue weighted by atomic mass is 9.63. The van der Waals surface area contributed by atoms with Crippen LogP contribution in [0.5, 0.6) is 0 Å². The van der Waals surface area contributed by atoms with E-state index < -0.39 is 0 Å². The van der Waals surface area contributed by atoms with Crippen LogP contribution in [0.15, 0.2) is 40.1 Å². The Balaban J connectivity index is 1.15. The van der Waals surface area contributed by atoms with E-state index in [9.17, 15) is 0 Å². The van der Waals surface area contributed by atoms with Crippen LogP contribution >= 0.6 is 11.3 Å². The quantitative estimate of drug-likeness (QED) is 0.473. The second-order valence-corrected chi connectivity index (χ2v) is 11.8. The lowest BCUT2D eigenvalue weighted by Crippen LogP contribution is -2.42. The van der Waals surface area contributed by atoms with Crippen molar-refractivity contribution in [2.75, 3.05) is 24.5 Å². The van der Waals surface area contributed by atoms with Crippen LogP contribution in [0, 0.1) is 12.3 Å². The summed E-state index contributed by atoms with van der Waals surface area (Å²) in [5.41, 5.74) is 10.0. The van der Waals surface area contributed by atoms with E-state index in [1.807, 2.05) is 13.0 Å². The zero-order valence-corrected chi connectivity index (χ0v) is 21.5. The number of piperidine rings is 1. The van der Waals surface area contributed by atoms with Gasteiger partial charge in [-0.2, -0.15) is 0 Å². The van der Waals surface area contributed by atoms with Crippen molar-refractivity contribution in [2.45, 2.75) is 58.8 Å². The molecule has 0 aromatic carbocycles. The van der Waals surface area contributed by atoms with E-state index in [0.717, 1.165) is 58.7 Å². The second kappa shape index (κ2) is 7.79. The number of anilines is 1. The van der Waals surface area contributed by atoms with Gasteiger partial charge in [0.25, 0.3) is 0 Å². The number of nitrogens with one attached hydrogen (secondary N) is 1. The number of hydrogen-bond donors (Lipinski definition) is 1. The molecule has 0 bridgehead atoms. The molecule has 0 atom stereocenters. The van der Waals surface area contributed by atoms with E-state index in [0.29, 0.717) is 11.3 Å². The van der Waals surface area contributed by atoms with Gasteiger partial charge >= 0.3 is 0 Å². The van der Waals surface area contributed by atoms with Gasteiger partial charge in [-0.15, -0.1) is 0 Å². The number of fused-ring (bicyclic) bond motifs is 1. The first kappa shape index (κ1) is 21.4. The zero-order chi connectivity index (χ0) is 23.7. The van der Waals surface area contributed by atoms with Gasteiger partial charge in [-0.05, 0) is 87.1 Å². The van der Waals surface area contributed by atoms with E-state index in [2.05, 4.69) is 52.5 Å². The average molecular weight is 486 g/mol. The summed E-state index contributed by atoms with van der Waals surface area (Å²) >= 11 is 1.72. The first-order valence-electron chi connectivity index (χ1n) is 12.8. The van der Waals surface area contributed by atoms with Crippen molar-refractivity contribution in [3.63, 3.8) is 0 Å². The molecular weight excluding hydrogens is 454 g/mol. The number of aryl methyl sites for hydroxylation is 1. The Morgan fingerprint density at radius 1 is 1.11 bits per heavy atom. The lowest BCUT2D eigenvalue weighted by Gasteiger charge is -2.46. The summed E-state index contributed by atoms with van der Waals surface area (Å²) in [5, 5.41) is 9.14. The summed E-state index contributed by atoms with van der Waals surface area (Å²) in [6, 6.07) is 4.14. The fourth-order valence-electron chi connectivity index (χ4n) is 6.03. The molecule has 4 aliphatic rings. The third-order valence-electron chi connectivity index (χ3n) is 8.17. The number of pyridine rings is 1. The molecule has 1 spiro atoms. The smallest absolute Gasteiger partial charge is 0.187 e. The first-order valence-corrected chi connectivity index (χ1v) is 13.6. The van der Waals surface area contributed by atoms with Crippen molar-refractivity contribution in [1.82, 2.24) is 20.4 Å². The number of aromatic nitrogens is 3. The lowest BCUT2D eigenvalue weighted by molar-refractivity contribution is 0.277. The van der Waals surface area contributed by atoms with Crippen LogP contribution in [0.3, 0.4) is 0 Å². The molecular formula is C28H31N5OS. The molecule has 0 unspecified atom stereocenters. The monoisotopic (exact) mass is 485 g/mol. The van der Waals surface area contributed by atoms with Crippen LogP contribution in [0.1, 0.15) is 74.6 Å². The molecule has 1 saturated carbocycles. The van der Waals surface area contributed by atoms with Crippen molar-refractivity contribution in [2.24, 2.45) is 5.41 Å². The molecule has 2 aliphatic heterocycles. The van der Waals surface area contributed by atoms with Gasteiger partial charge in [-0.3, -0.25) is 0 Å². The molecule has 7 heteroatoms. The van der Waals surface area contributed by atoms with Crippen LogP contribution in [0.2, 0.25) is 0 Å². The van der Waals surface area contributed by atoms with E-state index in [1.165, 1.54) is 53.5 Å². The fourth-order valence-corrected chi connectivity index (χ4v) is 7.07. The summed E-state index contributed by atoms with van der Waals surface area (Å²) in [6.07, 6.45) is 10.6. The third kappa shape index (κ3) is 3.54. The zero-order valence-electron chi connectivity index (χ0n) is 20.6. The molecule has 1 N–H and O–H groups in total. The van der Waals surface area contributed by atoms with Crippen molar-refractivity contribution < 1.29 is 4.52 Å². The van der Waals surface area contributed by atoms with Crippen molar-refractivity contribution in [1.29, 1.82) is 0 Å². The number of thiazole rings is 1. The Bertz CT molecular complexity index is 1430. The van der Waals surface area contributed by atoms with Crippen LogP contribution < -0.4 is 10.2 Å². The molecule has 5 heterocycles. The molecule has 2 fully saturated rings. The van der Waals surface area contributed by atoms with Crippen LogP contribution in [-0.2, 0) is 0 Å². The largest absolute Gasteiger partial charge is 0.387 e. The number of dihydropyridines is 1. The van der Waals surface area contributed by atoms with E-state index in [1.54, 1.807) is 11.3 Å². The van der Waals surface area contributed by atoms with Crippen molar-refractivity contribution in [3.8, 4) is 0 Å². The van der Waals surface area contributed by atoms with Gasteiger partial charge < -0.3 is 14.7 Å². The Morgan fingerprint density at radius 2 is 1.91 bits per heavy atom. The Labute approximate surface area is 209 Å². The summed E-state index contributed by atoms with van der Waals surface area (Å²) in [5.74, 6) is 1.68. The maximum absolute atomic E-state index is 6.02. The van der Waals surface area contributed by atoms with Gasteiger partial charge in [-0.1, -0.05) is 22.6 Å². The molecule has 3 aromatic rings. The molecule has 1 saturated heterocycles. The van der Waals surface area contributed by atoms with Gasteiger partial charge in [-0.25, -0.2) is 9.97 Å². The van der Waals surface area contributed by atoms with Crippen molar-refractivity contribution >= 4 is 38.0 Å². The van der Waals surface area contributed by atoms with Gasteiger partial charge in [0.2, 0.25) is 0 Å². The summed E-state index contributed by atoms with van der Waals surface area (Å²) < 4.78 is 6.02. The molecule has 180 valence electrons. The number of hydrogen-bond acceptors (Lipinski definition) is 7. The van der Waals surface area contributed by atoms with Gasteiger partial charge in [0, 0.05) is 48.6 Å². The molecule has 6 nitrogen and oxygen atoms in total. The minimum atomic E-state index is 0.301. The molecule has 0 amide bonds. The molecule has 35 heavy (non-hydrogen) atoms. The highest BCUT2D eigenvalue weighted by Crippen LogP contribution is 2.55. The summed E-state index contributed by atoms with van der Waals surface area (Å²) in [4.78, 5) is 13.0. The highest BCUT2D eigenvalue weighted by atomic mass is 32.1. The molecule has 3 aromatic heterocycles. The standard InChI is InChI=1S/C28H31N5OS/c1-16-14-29-15-17(2)22(16)24-23(25(34-32-24)19-5-6-19)20-12-28(13-20)8-10-33(11-9-28)27-31-21-7-4-18(3)30-26(21)35-27/h4,7,12,14,19,29H,5-6,8-11,13,15H2,1-3H3. The highest BCUT2D eigenvalue weighted by molar-refractivity contribution is 7.21. The Kier molecular flexibility index (Phi) is 4.75. The Morgan fingerprint density at radius 3 is 2.66 bits per heavy atom. The maximum atomic E-state index is 6.02. The normalized spacial score (nSPS) is 21.7. The minimum absolute atomic E-state index is 0.301. The summed E-state index contributed by atoms with van der Waals surface area (Å²) in [6.45, 7) is 9.39.